The molecule has 1 aromatic rings. The fraction of sp³-hybridized carbons (Fsp3) is 0.714. The molecule has 0 unspecified atom stereocenters. The van der Waals surface area contributed by atoms with Gasteiger partial charge >= 0.3 is 0 Å². The molecule has 114 valence electrons. The molecular formula is C14H25N3O2S. The standard InChI is InChI=1S/C14H25N3O2S/c1-3-7-16-20(18,19)14-9-13(10-15-12-5-6-12)17(11-14)8-4-2/h9,11-12,15-16H,3-8,10H2,1-2H3. The van der Waals surface area contributed by atoms with Crippen LogP contribution in [-0.2, 0) is 23.1 Å². The molecule has 0 aliphatic heterocycles. The van der Waals surface area contributed by atoms with Gasteiger partial charge in [-0.05, 0) is 31.7 Å². The number of nitrogens with zero attached hydrogens (tertiary/aromatic N) is 1. The summed E-state index contributed by atoms with van der Waals surface area (Å²) >= 11 is 0. The van der Waals surface area contributed by atoms with Crippen molar-refractivity contribution in [2.75, 3.05) is 6.54 Å². The molecule has 0 saturated heterocycles. The van der Waals surface area contributed by atoms with Crippen LogP contribution in [-0.4, -0.2) is 25.6 Å². The molecule has 0 radical (unpaired) electrons. The average Bonchev–Trinajstić information content (AvgIpc) is 3.15. The lowest BCUT2D eigenvalue weighted by atomic mass is 10.4. The smallest absolute Gasteiger partial charge is 0.242 e. The quantitative estimate of drug-likeness (QED) is 0.731. The Morgan fingerprint density at radius 3 is 2.65 bits per heavy atom. The molecule has 1 saturated carbocycles. The second-order valence-corrected chi connectivity index (χ2v) is 7.18. The van der Waals surface area contributed by atoms with E-state index in [9.17, 15) is 8.42 Å². The maximum absolute atomic E-state index is 12.2. The number of aromatic nitrogens is 1. The summed E-state index contributed by atoms with van der Waals surface area (Å²) in [7, 11) is -3.36. The molecule has 1 fully saturated rings. The lowest BCUT2D eigenvalue weighted by molar-refractivity contribution is 0.579. The average molecular weight is 299 g/mol. The van der Waals surface area contributed by atoms with Gasteiger partial charge in [0.05, 0.1) is 4.90 Å². The van der Waals surface area contributed by atoms with Crippen molar-refractivity contribution >= 4 is 10.0 Å². The van der Waals surface area contributed by atoms with E-state index in [0.29, 0.717) is 17.5 Å². The summed E-state index contributed by atoms with van der Waals surface area (Å²) in [5.74, 6) is 0. The summed E-state index contributed by atoms with van der Waals surface area (Å²) < 4.78 is 29.0. The Hall–Kier alpha value is -0.850. The van der Waals surface area contributed by atoms with E-state index in [0.717, 1.165) is 31.6 Å². The molecule has 0 spiro atoms. The Balaban J connectivity index is 2.13. The van der Waals surface area contributed by atoms with Crippen LogP contribution in [0.4, 0.5) is 0 Å². The first-order chi connectivity index (χ1) is 9.56. The van der Waals surface area contributed by atoms with Crippen molar-refractivity contribution in [3.8, 4) is 0 Å². The monoisotopic (exact) mass is 299 g/mol. The summed E-state index contributed by atoms with van der Waals surface area (Å²) in [5, 5.41) is 3.44. The first kappa shape index (κ1) is 15.5. The van der Waals surface area contributed by atoms with Gasteiger partial charge in [0.25, 0.3) is 0 Å². The molecule has 1 aliphatic carbocycles. The minimum atomic E-state index is -3.36. The van der Waals surface area contributed by atoms with Gasteiger partial charge in [-0.1, -0.05) is 13.8 Å². The Kier molecular flexibility index (Phi) is 5.23. The van der Waals surface area contributed by atoms with E-state index in [-0.39, 0.29) is 0 Å². The van der Waals surface area contributed by atoms with Gasteiger partial charge < -0.3 is 9.88 Å². The molecular weight excluding hydrogens is 274 g/mol. The molecule has 2 rings (SSSR count). The van der Waals surface area contributed by atoms with Crippen molar-refractivity contribution in [2.24, 2.45) is 0 Å². The van der Waals surface area contributed by atoms with Gasteiger partial charge in [-0.3, -0.25) is 0 Å². The third-order valence-electron chi connectivity index (χ3n) is 3.43. The highest BCUT2D eigenvalue weighted by Crippen LogP contribution is 2.21. The first-order valence-corrected chi connectivity index (χ1v) is 8.97. The van der Waals surface area contributed by atoms with Gasteiger partial charge in [0.1, 0.15) is 0 Å². The van der Waals surface area contributed by atoms with Crippen molar-refractivity contribution in [3.63, 3.8) is 0 Å². The number of hydrogen-bond donors (Lipinski definition) is 2. The Bertz CT molecular complexity index is 533. The second kappa shape index (κ2) is 6.74. The van der Waals surface area contributed by atoms with Gasteiger partial charge in [0.15, 0.2) is 0 Å². The molecule has 0 amide bonds. The summed E-state index contributed by atoms with van der Waals surface area (Å²) in [6, 6.07) is 2.42. The molecule has 1 heterocycles. The zero-order chi connectivity index (χ0) is 14.6. The number of aryl methyl sites for hydroxylation is 1. The van der Waals surface area contributed by atoms with Crippen molar-refractivity contribution in [2.45, 2.75) is 63.6 Å². The maximum atomic E-state index is 12.2. The third kappa shape index (κ3) is 4.07. The van der Waals surface area contributed by atoms with E-state index in [1.54, 1.807) is 12.3 Å². The van der Waals surface area contributed by atoms with E-state index in [4.69, 9.17) is 0 Å². The summed E-state index contributed by atoms with van der Waals surface area (Å²) in [6.07, 6.45) is 6.01. The minimum Gasteiger partial charge on any atom is -0.349 e. The Morgan fingerprint density at radius 1 is 1.30 bits per heavy atom. The van der Waals surface area contributed by atoms with Crippen LogP contribution in [0.1, 0.15) is 45.2 Å². The van der Waals surface area contributed by atoms with E-state index in [2.05, 4.69) is 21.5 Å². The zero-order valence-electron chi connectivity index (χ0n) is 12.4. The van der Waals surface area contributed by atoms with Crippen molar-refractivity contribution in [3.05, 3.63) is 18.0 Å². The van der Waals surface area contributed by atoms with E-state index >= 15 is 0 Å². The van der Waals surface area contributed by atoms with Crippen molar-refractivity contribution in [1.29, 1.82) is 0 Å². The fourth-order valence-electron chi connectivity index (χ4n) is 2.13. The van der Waals surface area contributed by atoms with Crippen LogP contribution in [0, 0.1) is 0 Å². The molecule has 0 bridgehead atoms. The number of hydrogen-bond acceptors (Lipinski definition) is 3. The highest BCUT2D eigenvalue weighted by Gasteiger charge is 2.22. The number of rotatable bonds is 9. The summed E-state index contributed by atoms with van der Waals surface area (Å²) in [5.41, 5.74) is 1.05. The highest BCUT2D eigenvalue weighted by atomic mass is 32.2. The van der Waals surface area contributed by atoms with Crippen LogP contribution in [0.15, 0.2) is 17.2 Å². The zero-order valence-corrected chi connectivity index (χ0v) is 13.2. The van der Waals surface area contributed by atoms with Crippen molar-refractivity contribution < 1.29 is 8.42 Å². The fourth-order valence-corrected chi connectivity index (χ4v) is 3.32. The second-order valence-electron chi connectivity index (χ2n) is 5.41. The van der Waals surface area contributed by atoms with Crippen LogP contribution in [0.3, 0.4) is 0 Å². The third-order valence-corrected chi connectivity index (χ3v) is 4.85. The van der Waals surface area contributed by atoms with Gasteiger partial charge in [-0.2, -0.15) is 0 Å². The first-order valence-electron chi connectivity index (χ1n) is 7.49. The molecule has 2 N–H and O–H groups in total. The van der Waals surface area contributed by atoms with Gasteiger partial charge in [0.2, 0.25) is 10.0 Å². The summed E-state index contributed by atoms with van der Waals surface area (Å²) in [4.78, 5) is 0.381. The SMILES string of the molecule is CCCNS(=O)(=O)c1cc(CNC2CC2)n(CCC)c1. The Morgan fingerprint density at radius 2 is 2.05 bits per heavy atom. The van der Waals surface area contributed by atoms with Crippen LogP contribution >= 0.6 is 0 Å². The molecule has 5 nitrogen and oxygen atoms in total. The van der Waals surface area contributed by atoms with Gasteiger partial charge in [-0.25, -0.2) is 13.1 Å². The van der Waals surface area contributed by atoms with Crippen LogP contribution in [0.25, 0.3) is 0 Å². The van der Waals surface area contributed by atoms with E-state index < -0.39 is 10.0 Å². The predicted octanol–water partition coefficient (Wildman–Crippen LogP) is 1.84. The summed E-state index contributed by atoms with van der Waals surface area (Å²) in [6.45, 7) is 6.13. The number of nitrogens with one attached hydrogen (secondary N) is 2. The molecule has 1 aromatic heterocycles. The molecule has 20 heavy (non-hydrogen) atoms. The highest BCUT2D eigenvalue weighted by molar-refractivity contribution is 7.89. The van der Waals surface area contributed by atoms with E-state index in [1.165, 1.54) is 12.8 Å². The molecule has 0 atom stereocenters. The van der Waals surface area contributed by atoms with Crippen molar-refractivity contribution in [1.82, 2.24) is 14.6 Å². The Labute approximate surface area is 121 Å². The normalized spacial score (nSPS) is 15.7. The largest absolute Gasteiger partial charge is 0.349 e. The van der Waals surface area contributed by atoms with Crippen LogP contribution in [0.5, 0.6) is 0 Å². The molecule has 6 heteroatoms. The van der Waals surface area contributed by atoms with E-state index in [1.807, 2.05) is 6.92 Å². The lowest BCUT2D eigenvalue weighted by Gasteiger charge is -2.07. The minimum absolute atomic E-state index is 0.381. The van der Waals surface area contributed by atoms with Gasteiger partial charge in [-0.15, -0.1) is 0 Å². The molecule has 0 aromatic carbocycles. The van der Waals surface area contributed by atoms with Crippen LogP contribution in [0.2, 0.25) is 0 Å². The number of sulfonamides is 1. The topological polar surface area (TPSA) is 63.1 Å². The predicted molar refractivity (Wildman–Crippen MR) is 80.1 cm³/mol. The van der Waals surface area contributed by atoms with Gasteiger partial charge in [0, 0.05) is 37.6 Å². The molecule has 1 aliphatic rings. The maximum Gasteiger partial charge on any atom is 0.242 e. The lowest BCUT2D eigenvalue weighted by Crippen LogP contribution is -2.24. The van der Waals surface area contributed by atoms with Crippen LogP contribution < -0.4 is 10.0 Å².